The summed E-state index contributed by atoms with van der Waals surface area (Å²) in [5, 5.41) is 7.30. The molecule has 0 fully saturated rings. The smallest absolute Gasteiger partial charge is 0.200 e. The van der Waals surface area contributed by atoms with Crippen molar-refractivity contribution in [3.8, 4) is 0 Å². The lowest BCUT2D eigenvalue weighted by Crippen LogP contribution is -2.11. The minimum atomic E-state index is -2.18. The molecule has 1 aromatic heterocycles. The molecule has 1 heterocycles. The van der Waals surface area contributed by atoms with Crippen molar-refractivity contribution in [3.05, 3.63) is 46.5 Å². The van der Waals surface area contributed by atoms with Crippen LogP contribution in [-0.2, 0) is 13.0 Å². The Bertz CT molecular complexity index is 626. The van der Waals surface area contributed by atoms with Crippen molar-refractivity contribution < 1.29 is 22.0 Å². The van der Waals surface area contributed by atoms with Crippen molar-refractivity contribution in [2.45, 2.75) is 19.4 Å². The Balaban J connectivity index is 2.29. The molecule has 0 saturated heterocycles. The molecule has 0 bridgehead atoms. The van der Waals surface area contributed by atoms with E-state index in [4.69, 9.17) is 5.73 Å². The van der Waals surface area contributed by atoms with Crippen molar-refractivity contribution in [1.82, 2.24) is 15.0 Å². The Morgan fingerprint density at radius 2 is 1.52 bits per heavy atom. The number of aromatic nitrogens is 3. The molecule has 2 N–H and O–H groups in total. The molecule has 0 saturated carbocycles. The van der Waals surface area contributed by atoms with Gasteiger partial charge >= 0.3 is 0 Å². The average Bonchev–Trinajstić information content (AvgIpc) is 2.93. The number of nitrogens with zero attached hydrogens (tertiary/aromatic N) is 3. The maximum Gasteiger partial charge on any atom is 0.200 e. The highest BCUT2D eigenvalue weighted by Crippen LogP contribution is 2.23. The maximum absolute atomic E-state index is 13.5. The van der Waals surface area contributed by atoms with Crippen molar-refractivity contribution >= 4 is 0 Å². The molecule has 2 aromatic rings. The van der Waals surface area contributed by atoms with Crippen LogP contribution < -0.4 is 5.73 Å². The first-order chi connectivity index (χ1) is 9.95. The van der Waals surface area contributed by atoms with Gasteiger partial charge in [0, 0.05) is 6.20 Å². The van der Waals surface area contributed by atoms with E-state index in [1.807, 2.05) is 0 Å². The van der Waals surface area contributed by atoms with Crippen molar-refractivity contribution in [2.75, 3.05) is 6.54 Å². The molecule has 0 aliphatic heterocycles. The molecule has 21 heavy (non-hydrogen) atoms. The Morgan fingerprint density at radius 3 is 2.10 bits per heavy atom. The molecule has 2 rings (SSSR count). The van der Waals surface area contributed by atoms with E-state index in [2.05, 4.69) is 10.3 Å². The Kier molecular flexibility index (Phi) is 4.51. The van der Waals surface area contributed by atoms with Gasteiger partial charge in [-0.05, 0) is 19.4 Å². The lowest BCUT2D eigenvalue weighted by Gasteiger charge is -2.07. The third-order valence-electron chi connectivity index (χ3n) is 2.84. The molecule has 0 aliphatic carbocycles. The normalized spacial score (nSPS) is 11.1. The fourth-order valence-electron chi connectivity index (χ4n) is 1.76. The summed E-state index contributed by atoms with van der Waals surface area (Å²) in [5.41, 5.74) is 4.88. The molecular weight excluding hydrogens is 295 g/mol. The number of benzene rings is 1. The zero-order valence-electron chi connectivity index (χ0n) is 10.7. The number of halogens is 5. The van der Waals surface area contributed by atoms with Gasteiger partial charge in [0.1, 0.15) is 0 Å². The van der Waals surface area contributed by atoms with Crippen LogP contribution in [0.25, 0.3) is 0 Å². The highest BCUT2D eigenvalue weighted by atomic mass is 19.2. The second-order valence-corrected chi connectivity index (χ2v) is 4.35. The van der Waals surface area contributed by atoms with Gasteiger partial charge < -0.3 is 5.73 Å². The third-order valence-corrected chi connectivity index (χ3v) is 2.84. The molecule has 0 aliphatic rings. The van der Waals surface area contributed by atoms with Crippen molar-refractivity contribution in [3.63, 3.8) is 0 Å². The second kappa shape index (κ2) is 6.17. The first-order valence-corrected chi connectivity index (χ1v) is 6.05. The Morgan fingerprint density at radius 1 is 0.952 bits per heavy atom. The van der Waals surface area contributed by atoms with Crippen LogP contribution in [0.4, 0.5) is 22.0 Å². The number of hydrogen-bond acceptors (Lipinski definition) is 3. The van der Waals surface area contributed by atoms with Crippen LogP contribution in [0.1, 0.15) is 17.7 Å². The molecule has 1 aromatic carbocycles. The molecule has 4 nitrogen and oxygen atoms in total. The van der Waals surface area contributed by atoms with Gasteiger partial charge in [0.05, 0.1) is 17.8 Å². The zero-order valence-corrected chi connectivity index (χ0v) is 10.7. The first-order valence-electron chi connectivity index (χ1n) is 6.05. The van der Waals surface area contributed by atoms with Crippen molar-refractivity contribution in [1.29, 1.82) is 0 Å². The van der Waals surface area contributed by atoms with Crippen LogP contribution in [0.15, 0.2) is 6.20 Å². The molecule has 114 valence electrons. The summed E-state index contributed by atoms with van der Waals surface area (Å²) in [5.74, 6) is -9.88. The maximum atomic E-state index is 13.5. The van der Waals surface area contributed by atoms with E-state index >= 15 is 0 Å². The number of hydrogen-bond donors (Lipinski definition) is 1. The molecular formula is C12H11F5N4. The summed E-state index contributed by atoms with van der Waals surface area (Å²) >= 11 is 0. The van der Waals surface area contributed by atoms with E-state index in [-0.39, 0.29) is 0 Å². The van der Waals surface area contributed by atoms with Gasteiger partial charge in [-0.3, -0.25) is 0 Å². The topological polar surface area (TPSA) is 56.7 Å². The van der Waals surface area contributed by atoms with Crippen LogP contribution in [0.3, 0.4) is 0 Å². The van der Waals surface area contributed by atoms with Gasteiger partial charge in [-0.2, -0.15) is 0 Å². The van der Waals surface area contributed by atoms with Crippen LogP contribution >= 0.6 is 0 Å². The summed E-state index contributed by atoms with van der Waals surface area (Å²) in [4.78, 5) is 0. The summed E-state index contributed by atoms with van der Waals surface area (Å²) in [6.07, 6.45) is 2.52. The number of aryl methyl sites for hydroxylation is 1. The van der Waals surface area contributed by atoms with E-state index in [1.54, 1.807) is 0 Å². The van der Waals surface area contributed by atoms with E-state index in [0.29, 0.717) is 25.1 Å². The van der Waals surface area contributed by atoms with Gasteiger partial charge in [-0.25, -0.2) is 26.6 Å². The summed E-state index contributed by atoms with van der Waals surface area (Å²) in [6, 6.07) is 0. The molecule has 0 atom stereocenters. The summed E-state index contributed by atoms with van der Waals surface area (Å²) < 4.78 is 67.0. The fraction of sp³-hybridized carbons (Fsp3) is 0.333. The Labute approximate surface area is 116 Å². The minimum absolute atomic E-state index is 0.435. The number of rotatable bonds is 5. The predicted molar refractivity (Wildman–Crippen MR) is 62.7 cm³/mol. The first kappa shape index (κ1) is 15.4. The highest BCUT2D eigenvalue weighted by molar-refractivity contribution is 5.24. The molecule has 0 unspecified atom stereocenters. The van der Waals surface area contributed by atoms with E-state index in [9.17, 15) is 22.0 Å². The standard InChI is InChI=1S/C12H11F5N4/c13-8-7(9(14)11(16)12(17)10(8)15)5-21-4-6(19-20-21)2-1-3-18/h4H,1-3,5,18H2. The van der Waals surface area contributed by atoms with Gasteiger partial charge in [-0.1, -0.05) is 5.21 Å². The second-order valence-electron chi connectivity index (χ2n) is 4.35. The predicted octanol–water partition coefficient (Wildman–Crippen LogP) is 1.91. The molecule has 0 amide bonds. The zero-order chi connectivity index (χ0) is 15.6. The Hall–Kier alpha value is -2.03. The van der Waals surface area contributed by atoms with Crippen molar-refractivity contribution in [2.24, 2.45) is 5.73 Å². The van der Waals surface area contributed by atoms with E-state index in [0.717, 1.165) is 4.68 Å². The van der Waals surface area contributed by atoms with Gasteiger partial charge in [0.15, 0.2) is 23.3 Å². The van der Waals surface area contributed by atoms with E-state index in [1.165, 1.54) is 6.20 Å². The highest BCUT2D eigenvalue weighted by Gasteiger charge is 2.25. The summed E-state index contributed by atoms with van der Waals surface area (Å²) in [6.45, 7) is -0.175. The van der Waals surface area contributed by atoms with Crippen LogP contribution in [0, 0.1) is 29.1 Å². The third kappa shape index (κ3) is 3.02. The quantitative estimate of drug-likeness (QED) is 0.521. The fourth-order valence-corrected chi connectivity index (χ4v) is 1.76. The SMILES string of the molecule is NCCCc1cn(Cc2c(F)c(F)c(F)c(F)c2F)nn1. The monoisotopic (exact) mass is 306 g/mol. The average molecular weight is 306 g/mol. The van der Waals surface area contributed by atoms with Crippen LogP contribution in [0.2, 0.25) is 0 Å². The van der Waals surface area contributed by atoms with Gasteiger partial charge in [-0.15, -0.1) is 5.10 Å². The van der Waals surface area contributed by atoms with Crippen LogP contribution in [-0.4, -0.2) is 21.5 Å². The van der Waals surface area contributed by atoms with E-state index < -0.39 is 41.2 Å². The molecule has 9 heteroatoms. The van der Waals surface area contributed by atoms with Gasteiger partial charge in [0.2, 0.25) is 5.82 Å². The lowest BCUT2D eigenvalue weighted by molar-refractivity contribution is 0.366. The summed E-state index contributed by atoms with van der Waals surface area (Å²) in [7, 11) is 0. The minimum Gasteiger partial charge on any atom is -0.330 e. The largest absolute Gasteiger partial charge is 0.330 e. The van der Waals surface area contributed by atoms with Crippen LogP contribution in [0.5, 0.6) is 0 Å². The lowest BCUT2D eigenvalue weighted by atomic mass is 10.1. The molecule has 0 radical (unpaired) electrons. The number of nitrogens with two attached hydrogens (primary N) is 1. The molecule has 0 spiro atoms. The van der Waals surface area contributed by atoms with Gasteiger partial charge in [0.25, 0.3) is 0 Å².